The third-order valence-electron chi connectivity index (χ3n) is 5.52. The first-order valence-electron chi connectivity index (χ1n) is 9.98. The minimum absolute atomic E-state index is 0.0407. The minimum atomic E-state index is -0.468. The van der Waals surface area contributed by atoms with E-state index < -0.39 is 5.82 Å². The molecule has 2 fully saturated rings. The molecule has 4 rings (SSSR count). The molecule has 2 aliphatic heterocycles. The number of piperidine rings is 1. The molecule has 0 bridgehead atoms. The predicted octanol–water partition coefficient (Wildman–Crippen LogP) is 2.70. The van der Waals surface area contributed by atoms with E-state index in [9.17, 15) is 18.8 Å². The van der Waals surface area contributed by atoms with Crippen LogP contribution < -0.4 is 10.2 Å². The van der Waals surface area contributed by atoms with Gasteiger partial charge in [0.05, 0.1) is 17.9 Å². The van der Waals surface area contributed by atoms with E-state index >= 15 is 0 Å². The van der Waals surface area contributed by atoms with Crippen LogP contribution in [0.5, 0.6) is 0 Å². The number of carbonyl (C=O) groups excluding carboxylic acids is 3. The highest BCUT2D eigenvalue weighted by atomic mass is 19.1. The number of imide groups is 1. The van der Waals surface area contributed by atoms with Crippen molar-refractivity contribution < 1.29 is 18.8 Å². The van der Waals surface area contributed by atoms with E-state index in [4.69, 9.17) is 0 Å². The number of rotatable bonds is 5. The molecule has 0 radical (unpaired) electrons. The molecule has 7 nitrogen and oxygen atoms in total. The standard InChI is InChI=1S/C22H23FN4O3/c23-18-8-4-5-9-19(18)24-20(28)14-25-12-10-16(11-13-25)26-15-21(29)27(22(26)30)17-6-2-1-3-7-17/h1-9,16H,10-15H2,(H,24,28). The van der Waals surface area contributed by atoms with Gasteiger partial charge in [-0.2, -0.15) is 0 Å². The van der Waals surface area contributed by atoms with Gasteiger partial charge in [0.1, 0.15) is 12.4 Å². The Bertz CT molecular complexity index is 944. The van der Waals surface area contributed by atoms with Gasteiger partial charge >= 0.3 is 6.03 Å². The van der Waals surface area contributed by atoms with Crippen LogP contribution in [0.3, 0.4) is 0 Å². The topological polar surface area (TPSA) is 73.0 Å². The van der Waals surface area contributed by atoms with Gasteiger partial charge in [0, 0.05) is 19.1 Å². The SMILES string of the molecule is O=C(CN1CCC(N2CC(=O)N(c3ccccc3)C2=O)CC1)Nc1ccccc1F. The number of benzene rings is 2. The molecule has 2 saturated heterocycles. The van der Waals surface area contributed by atoms with Gasteiger partial charge in [0.15, 0.2) is 0 Å². The molecule has 8 heteroatoms. The van der Waals surface area contributed by atoms with Crippen molar-refractivity contribution in [3.05, 3.63) is 60.4 Å². The quantitative estimate of drug-likeness (QED) is 0.770. The van der Waals surface area contributed by atoms with Crippen LogP contribution in [-0.4, -0.2) is 59.9 Å². The van der Waals surface area contributed by atoms with E-state index in [0.717, 1.165) is 0 Å². The normalized spacial score (nSPS) is 18.2. The van der Waals surface area contributed by atoms with Gasteiger partial charge in [-0.05, 0) is 37.1 Å². The molecule has 2 aliphatic rings. The lowest BCUT2D eigenvalue weighted by atomic mass is 10.0. The number of halogens is 1. The number of carbonyl (C=O) groups is 3. The molecule has 0 aromatic heterocycles. The summed E-state index contributed by atoms with van der Waals surface area (Å²) in [5, 5.41) is 2.59. The zero-order valence-corrected chi connectivity index (χ0v) is 16.5. The summed E-state index contributed by atoms with van der Waals surface area (Å²) in [6, 6.07) is 14.6. The van der Waals surface area contributed by atoms with Crippen molar-refractivity contribution in [2.45, 2.75) is 18.9 Å². The molecular weight excluding hydrogens is 387 g/mol. The van der Waals surface area contributed by atoms with Gasteiger partial charge < -0.3 is 10.2 Å². The number of nitrogens with zero attached hydrogens (tertiary/aromatic N) is 3. The molecule has 2 aromatic rings. The van der Waals surface area contributed by atoms with Crippen molar-refractivity contribution in [3.8, 4) is 0 Å². The summed E-state index contributed by atoms with van der Waals surface area (Å²) in [7, 11) is 0. The number of amides is 4. The lowest BCUT2D eigenvalue weighted by molar-refractivity contribution is -0.117. The highest BCUT2D eigenvalue weighted by molar-refractivity contribution is 6.19. The Labute approximate surface area is 174 Å². The molecule has 0 saturated carbocycles. The molecule has 0 atom stereocenters. The highest BCUT2D eigenvalue weighted by Gasteiger charge is 2.41. The third-order valence-corrected chi connectivity index (χ3v) is 5.52. The smallest absolute Gasteiger partial charge is 0.322 e. The first kappa shape index (κ1) is 20.0. The first-order chi connectivity index (χ1) is 14.5. The molecule has 4 amide bonds. The summed E-state index contributed by atoms with van der Waals surface area (Å²) in [4.78, 5) is 42.3. The predicted molar refractivity (Wildman–Crippen MR) is 111 cm³/mol. The van der Waals surface area contributed by atoms with Gasteiger partial charge in [0.25, 0.3) is 5.91 Å². The van der Waals surface area contributed by atoms with E-state index in [2.05, 4.69) is 5.32 Å². The second-order valence-corrected chi connectivity index (χ2v) is 7.51. The third kappa shape index (κ3) is 4.18. The van der Waals surface area contributed by atoms with Gasteiger partial charge in [-0.1, -0.05) is 30.3 Å². The second-order valence-electron chi connectivity index (χ2n) is 7.51. The monoisotopic (exact) mass is 410 g/mol. The molecule has 2 heterocycles. The maximum absolute atomic E-state index is 13.7. The Morgan fingerprint density at radius 3 is 2.37 bits per heavy atom. The number of hydrogen-bond acceptors (Lipinski definition) is 4. The molecule has 0 spiro atoms. The maximum atomic E-state index is 13.7. The fourth-order valence-electron chi connectivity index (χ4n) is 3.98. The van der Waals surface area contributed by atoms with E-state index in [1.165, 1.54) is 17.0 Å². The van der Waals surface area contributed by atoms with Crippen LogP contribution in [0.25, 0.3) is 0 Å². The van der Waals surface area contributed by atoms with Gasteiger partial charge in [-0.15, -0.1) is 0 Å². The van der Waals surface area contributed by atoms with E-state index in [1.807, 2.05) is 11.0 Å². The number of likely N-dealkylation sites (tertiary alicyclic amines) is 1. The number of para-hydroxylation sites is 2. The molecular formula is C22H23FN4O3. The Kier molecular flexibility index (Phi) is 5.76. The van der Waals surface area contributed by atoms with Gasteiger partial charge in [0.2, 0.25) is 5.91 Å². The van der Waals surface area contributed by atoms with Crippen molar-refractivity contribution in [2.75, 3.05) is 36.4 Å². The minimum Gasteiger partial charge on any atom is -0.322 e. The van der Waals surface area contributed by atoms with Crippen LogP contribution in [0.15, 0.2) is 54.6 Å². The Hall–Kier alpha value is -3.26. The van der Waals surface area contributed by atoms with Crippen LogP contribution >= 0.6 is 0 Å². The zero-order chi connectivity index (χ0) is 21.1. The van der Waals surface area contributed by atoms with Gasteiger partial charge in [-0.3, -0.25) is 14.5 Å². The lowest BCUT2D eigenvalue weighted by Crippen LogP contribution is -2.48. The fourth-order valence-corrected chi connectivity index (χ4v) is 3.98. The largest absolute Gasteiger partial charge is 0.332 e. The van der Waals surface area contributed by atoms with Crippen LogP contribution in [0.1, 0.15) is 12.8 Å². The molecule has 2 aromatic carbocycles. The van der Waals surface area contributed by atoms with E-state index in [-0.39, 0.29) is 42.7 Å². The van der Waals surface area contributed by atoms with Crippen molar-refractivity contribution >= 4 is 29.2 Å². The second kappa shape index (κ2) is 8.62. The van der Waals surface area contributed by atoms with Gasteiger partial charge in [-0.25, -0.2) is 14.1 Å². The highest BCUT2D eigenvalue weighted by Crippen LogP contribution is 2.26. The maximum Gasteiger partial charge on any atom is 0.332 e. The Morgan fingerprint density at radius 1 is 1.00 bits per heavy atom. The number of urea groups is 1. The average molecular weight is 410 g/mol. The van der Waals surface area contributed by atoms with Crippen molar-refractivity contribution in [3.63, 3.8) is 0 Å². The fraction of sp³-hybridized carbons (Fsp3) is 0.318. The van der Waals surface area contributed by atoms with Crippen LogP contribution in [-0.2, 0) is 9.59 Å². The van der Waals surface area contributed by atoms with Crippen molar-refractivity contribution in [2.24, 2.45) is 0 Å². The molecule has 30 heavy (non-hydrogen) atoms. The van der Waals surface area contributed by atoms with Crippen molar-refractivity contribution in [1.29, 1.82) is 0 Å². The average Bonchev–Trinajstić information content (AvgIpc) is 3.05. The number of nitrogens with one attached hydrogen (secondary N) is 1. The first-order valence-corrected chi connectivity index (χ1v) is 9.98. The number of anilines is 2. The molecule has 1 N–H and O–H groups in total. The van der Waals surface area contributed by atoms with Crippen LogP contribution in [0.4, 0.5) is 20.6 Å². The van der Waals surface area contributed by atoms with Crippen LogP contribution in [0.2, 0.25) is 0 Å². The summed E-state index contributed by atoms with van der Waals surface area (Å²) >= 11 is 0. The summed E-state index contributed by atoms with van der Waals surface area (Å²) in [5.41, 5.74) is 0.747. The zero-order valence-electron chi connectivity index (χ0n) is 16.5. The molecule has 156 valence electrons. The summed E-state index contributed by atoms with van der Waals surface area (Å²) in [6.07, 6.45) is 1.35. The lowest BCUT2D eigenvalue weighted by Gasteiger charge is -2.35. The number of hydrogen-bond donors (Lipinski definition) is 1. The summed E-state index contributed by atoms with van der Waals surface area (Å²) in [5.74, 6) is -0.969. The Balaban J connectivity index is 1.30. The van der Waals surface area contributed by atoms with E-state index in [1.54, 1.807) is 41.3 Å². The van der Waals surface area contributed by atoms with Crippen LogP contribution in [0, 0.1) is 5.82 Å². The van der Waals surface area contributed by atoms with E-state index in [0.29, 0.717) is 31.6 Å². The molecule has 0 unspecified atom stereocenters. The van der Waals surface area contributed by atoms with Crippen molar-refractivity contribution in [1.82, 2.24) is 9.80 Å². The summed E-state index contributed by atoms with van der Waals surface area (Å²) < 4.78 is 13.7. The molecule has 0 aliphatic carbocycles. The summed E-state index contributed by atoms with van der Waals surface area (Å²) in [6.45, 7) is 1.48. The Morgan fingerprint density at radius 2 is 1.67 bits per heavy atom.